The zero-order chi connectivity index (χ0) is 27.5. The fraction of sp³-hybridized carbons (Fsp3) is 0.229. The predicted octanol–water partition coefficient (Wildman–Crippen LogP) is 8.25. The van der Waals surface area contributed by atoms with Gasteiger partial charge in [0.2, 0.25) is 0 Å². The number of sulfone groups is 1. The quantitative estimate of drug-likeness (QED) is 0.207. The molecule has 5 aromatic rings. The van der Waals surface area contributed by atoms with Gasteiger partial charge in [0.15, 0.2) is 9.84 Å². The summed E-state index contributed by atoms with van der Waals surface area (Å²) in [6.45, 7) is 0. The van der Waals surface area contributed by atoms with Gasteiger partial charge in [0.05, 0.1) is 10.6 Å². The molecular weight excluding hydrogens is 512 g/mol. The Morgan fingerprint density at radius 3 is 1.95 bits per heavy atom. The van der Waals surface area contributed by atoms with Crippen molar-refractivity contribution in [2.45, 2.75) is 49.3 Å². The maximum atomic E-state index is 11.9. The van der Waals surface area contributed by atoms with Gasteiger partial charge in [-0.15, -0.1) is 0 Å². The van der Waals surface area contributed by atoms with E-state index in [4.69, 9.17) is 4.98 Å². The molecule has 4 nitrogen and oxygen atoms in total. The Morgan fingerprint density at radius 2 is 1.32 bits per heavy atom. The van der Waals surface area contributed by atoms with Crippen molar-refractivity contribution >= 4 is 9.84 Å². The van der Waals surface area contributed by atoms with Gasteiger partial charge in [-0.3, -0.25) is 0 Å². The van der Waals surface area contributed by atoms with Crippen LogP contribution in [0.2, 0.25) is 0 Å². The normalized spacial score (nSPS) is 14.3. The Balaban J connectivity index is 1.25. The number of aromatic nitrogens is 2. The monoisotopic (exact) mass is 546 g/mol. The molecule has 1 fully saturated rings. The minimum absolute atomic E-state index is 0.308. The second-order valence-corrected chi connectivity index (χ2v) is 12.9. The lowest BCUT2D eigenvalue weighted by molar-refractivity contribution is 0.443. The Morgan fingerprint density at radius 1 is 0.725 bits per heavy atom. The molecule has 0 aliphatic heterocycles. The van der Waals surface area contributed by atoms with E-state index < -0.39 is 9.84 Å². The van der Waals surface area contributed by atoms with E-state index in [0.717, 1.165) is 28.7 Å². The first-order chi connectivity index (χ1) is 19.4. The molecule has 4 aromatic carbocycles. The number of rotatable bonds is 7. The van der Waals surface area contributed by atoms with Crippen molar-refractivity contribution in [2.24, 2.45) is 0 Å². The van der Waals surface area contributed by atoms with Gasteiger partial charge in [-0.2, -0.15) is 0 Å². The maximum absolute atomic E-state index is 11.9. The van der Waals surface area contributed by atoms with Crippen molar-refractivity contribution in [3.63, 3.8) is 0 Å². The topological polar surface area (TPSA) is 52.0 Å². The van der Waals surface area contributed by atoms with Crippen LogP contribution in [0, 0.1) is 0 Å². The predicted molar refractivity (Wildman–Crippen MR) is 163 cm³/mol. The van der Waals surface area contributed by atoms with Crippen LogP contribution >= 0.6 is 0 Å². The highest BCUT2D eigenvalue weighted by molar-refractivity contribution is 7.90. The second kappa shape index (κ2) is 11.3. The summed E-state index contributed by atoms with van der Waals surface area (Å²) in [5, 5.41) is 0. The molecule has 1 aliphatic rings. The smallest absolute Gasteiger partial charge is 0.175 e. The van der Waals surface area contributed by atoms with E-state index in [9.17, 15) is 8.42 Å². The van der Waals surface area contributed by atoms with E-state index in [-0.39, 0.29) is 0 Å². The molecule has 40 heavy (non-hydrogen) atoms. The lowest BCUT2D eigenvalue weighted by Crippen LogP contribution is -2.04. The molecule has 1 aliphatic carbocycles. The average molecular weight is 547 g/mol. The molecule has 0 bridgehead atoms. The highest BCUT2D eigenvalue weighted by Gasteiger charge is 2.16. The summed E-state index contributed by atoms with van der Waals surface area (Å²) < 4.78 is 25.9. The van der Waals surface area contributed by atoms with Gasteiger partial charge in [0.25, 0.3) is 0 Å². The molecule has 0 amide bonds. The third kappa shape index (κ3) is 5.80. The van der Waals surface area contributed by atoms with Crippen molar-refractivity contribution in [2.75, 3.05) is 6.26 Å². The standard InChI is InChI=1S/C35H34N2O2S/c1-40(38,39)33-22-20-31(21-23-33)34-25-37(32-10-6-3-7-11-32)35(36-34)24-26-12-14-28(15-13-26)30-18-16-29(17-19-30)27-8-4-2-5-9-27/h3,6-7,10-23,25,27H,2,4-5,8-9,24H2,1H3. The van der Waals surface area contributed by atoms with Gasteiger partial charge < -0.3 is 4.57 Å². The van der Waals surface area contributed by atoms with Crippen LogP contribution in [0.5, 0.6) is 0 Å². The largest absolute Gasteiger partial charge is 0.303 e. The van der Waals surface area contributed by atoms with Crippen LogP contribution in [0.1, 0.15) is 55.0 Å². The fourth-order valence-corrected chi connectivity index (χ4v) is 6.38. The van der Waals surface area contributed by atoms with Crippen LogP contribution in [0.15, 0.2) is 114 Å². The van der Waals surface area contributed by atoms with Crippen LogP contribution in [0.25, 0.3) is 28.1 Å². The van der Waals surface area contributed by atoms with E-state index in [0.29, 0.717) is 11.3 Å². The number of imidazole rings is 1. The first-order valence-corrected chi connectivity index (χ1v) is 16.0. The van der Waals surface area contributed by atoms with Crippen LogP contribution < -0.4 is 0 Å². The zero-order valence-electron chi connectivity index (χ0n) is 22.8. The Labute approximate surface area is 237 Å². The Kier molecular flexibility index (Phi) is 7.40. The summed E-state index contributed by atoms with van der Waals surface area (Å²) in [6, 6.07) is 35.1. The molecule has 0 radical (unpaired) electrons. The van der Waals surface area contributed by atoms with Crippen molar-refractivity contribution in [3.8, 4) is 28.1 Å². The molecule has 0 N–H and O–H groups in total. The van der Waals surface area contributed by atoms with Gasteiger partial charge in [0.1, 0.15) is 5.82 Å². The lowest BCUT2D eigenvalue weighted by atomic mass is 9.83. The molecule has 5 heteroatoms. The van der Waals surface area contributed by atoms with Crippen molar-refractivity contribution in [1.82, 2.24) is 9.55 Å². The molecular formula is C35H34N2O2S. The molecule has 1 saturated carbocycles. The van der Waals surface area contributed by atoms with Gasteiger partial charge >= 0.3 is 0 Å². The number of para-hydroxylation sites is 1. The first-order valence-electron chi connectivity index (χ1n) is 14.1. The first kappa shape index (κ1) is 26.3. The number of nitrogens with zero attached hydrogens (tertiary/aromatic N) is 2. The summed E-state index contributed by atoms with van der Waals surface area (Å²) in [6.07, 6.45) is 10.7. The molecule has 0 atom stereocenters. The molecule has 0 unspecified atom stereocenters. The van der Waals surface area contributed by atoms with E-state index in [1.165, 1.54) is 60.6 Å². The van der Waals surface area contributed by atoms with Crippen molar-refractivity contribution in [3.05, 3.63) is 126 Å². The van der Waals surface area contributed by atoms with Gasteiger partial charge in [-0.25, -0.2) is 13.4 Å². The van der Waals surface area contributed by atoms with E-state index in [2.05, 4.69) is 65.2 Å². The number of benzene rings is 4. The minimum Gasteiger partial charge on any atom is -0.303 e. The highest BCUT2D eigenvalue weighted by Crippen LogP contribution is 2.34. The fourth-order valence-electron chi connectivity index (χ4n) is 5.75. The highest BCUT2D eigenvalue weighted by atomic mass is 32.2. The molecule has 202 valence electrons. The van der Waals surface area contributed by atoms with Crippen LogP contribution in [0.3, 0.4) is 0 Å². The lowest BCUT2D eigenvalue weighted by Gasteiger charge is -2.22. The molecule has 0 saturated heterocycles. The van der Waals surface area contributed by atoms with Gasteiger partial charge in [-0.1, -0.05) is 98.1 Å². The zero-order valence-corrected chi connectivity index (χ0v) is 23.6. The van der Waals surface area contributed by atoms with Crippen molar-refractivity contribution in [1.29, 1.82) is 0 Å². The molecule has 6 rings (SSSR count). The SMILES string of the molecule is CS(=O)(=O)c1ccc(-c2cn(-c3ccccc3)c(Cc3ccc(-c4ccc(C5CCCCC5)cc4)cc3)n2)cc1. The van der Waals surface area contributed by atoms with Crippen LogP contribution in [0.4, 0.5) is 0 Å². The third-order valence-electron chi connectivity index (χ3n) is 8.03. The summed E-state index contributed by atoms with van der Waals surface area (Å²) >= 11 is 0. The van der Waals surface area contributed by atoms with E-state index in [1.54, 1.807) is 12.1 Å². The van der Waals surface area contributed by atoms with Crippen molar-refractivity contribution < 1.29 is 8.42 Å². The van der Waals surface area contributed by atoms with Crippen LogP contribution in [-0.4, -0.2) is 24.2 Å². The maximum Gasteiger partial charge on any atom is 0.175 e. The molecule has 1 aromatic heterocycles. The second-order valence-electron chi connectivity index (χ2n) is 10.9. The number of hydrogen-bond acceptors (Lipinski definition) is 3. The molecule has 0 spiro atoms. The summed E-state index contributed by atoms with van der Waals surface area (Å²) in [5.41, 5.74) is 7.87. The van der Waals surface area contributed by atoms with Gasteiger partial charge in [0, 0.05) is 30.1 Å². The minimum atomic E-state index is -3.25. The summed E-state index contributed by atoms with van der Waals surface area (Å²) in [5.74, 6) is 1.65. The van der Waals surface area contributed by atoms with E-state index in [1.807, 2.05) is 36.5 Å². The van der Waals surface area contributed by atoms with Crippen LogP contribution in [-0.2, 0) is 16.3 Å². The number of hydrogen-bond donors (Lipinski definition) is 0. The molecule has 1 heterocycles. The third-order valence-corrected chi connectivity index (χ3v) is 9.16. The summed E-state index contributed by atoms with van der Waals surface area (Å²) in [4.78, 5) is 5.30. The average Bonchev–Trinajstić information content (AvgIpc) is 3.42. The Bertz CT molecular complexity index is 1680. The summed E-state index contributed by atoms with van der Waals surface area (Å²) in [7, 11) is -3.25. The van der Waals surface area contributed by atoms with E-state index >= 15 is 0 Å². The van der Waals surface area contributed by atoms with Gasteiger partial charge in [-0.05, 0) is 65.3 Å². The Hall–Kier alpha value is -3.96.